The van der Waals surface area contributed by atoms with E-state index >= 15 is 0 Å². The third-order valence-corrected chi connectivity index (χ3v) is 5.32. The molecule has 0 heterocycles. The summed E-state index contributed by atoms with van der Waals surface area (Å²) in [6, 6.07) is 7.24. The van der Waals surface area contributed by atoms with Gasteiger partial charge in [-0.3, -0.25) is 0 Å². The lowest BCUT2D eigenvalue weighted by Gasteiger charge is -2.08. The fourth-order valence-electron chi connectivity index (χ4n) is 3.46. The Morgan fingerprint density at radius 1 is 0.679 bits per heavy atom. The van der Waals surface area contributed by atoms with E-state index < -0.39 is 5.92 Å². The van der Waals surface area contributed by atoms with E-state index in [2.05, 4.69) is 6.92 Å². The highest BCUT2D eigenvalue weighted by Gasteiger charge is 2.08. The van der Waals surface area contributed by atoms with Crippen LogP contribution < -0.4 is 4.74 Å². The zero-order valence-corrected chi connectivity index (χ0v) is 17.9. The van der Waals surface area contributed by atoms with Crippen molar-refractivity contribution in [2.75, 3.05) is 6.61 Å². The fourth-order valence-corrected chi connectivity index (χ4v) is 3.46. The number of benzene rings is 1. The molecule has 0 unspecified atom stereocenters. The molecule has 0 atom stereocenters. The topological polar surface area (TPSA) is 43.4 Å². The molecule has 0 saturated heterocycles. The van der Waals surface area contributed by atoms with Crippen LogP contribution in [-0.4, -0.2) is 19.2 Å². The number of carbonyl (C=O) groups is 2. The second-order valence-corrected chi connectivity index (χ2v) is 7.81. The standard InChI is InChI=1S/C25H40O3/c1-2-3-4-5-6-7-8-9-10-11-12-13-14-15-20-28-25-18-16-23(17-19-25)24(21-26)22-27/h16-19,21-22,24H,2-15,20H2,1H3. The van der Waals surface area contributed by atoms with Crippen LogP contribution in [0.25, 0.3) is 0 Å². The maximum Gasteiger partial charge on any atom is 0.134 e. The highest BCUT2D eigenvalue weighted by molar-refractivity contribution is 5.84. The van der Waals surface area contributed by atoms with Crippen molar-refractivity contribution >= 4 is 12.6 Å². The predicted molar refractivity (Wildman–Crippen MR) is 117 cm³/mol. The molecule has 0 spiro atoms. The Morgan fingerprint density at radius 2 is 1.11 bits per heavy atom. The van der Waals surface area contributed by atoms with Crippen LogP contribution in [0.3, 0.4) is 0 Å². The Morgan fingerprint density at radius 3 is 1.54 bits per heavy atom. The monoisotopic (exact) mass is 388 g/mol. The van der Waals surface area contributed by atoms with Crippen LogP contribution in [-0.2, 0) is 9.59 Å². The highest BCUT2D eigenvalue weighted by atomic mass is 16.5. The summed E-state index contributed by atoms with van der Waals surface area (Å²) in [4.78, 5) is 21.6. The van der Waals surface area contributed by atoms with Crippen LogP contribution in [0.2, 0.25) is 0 Å². The van der Waals surface area contributed by atoms with E-state index in [0.717, 1.165) is 18.8 Å². The van der Waals surface area contributed by atoms with Gasteiger partial charge in [0.25, 0.3) is 0 Å². The lowest BCUT2D eigenvalue weighted by atomic mass is 10.0. The first-order valence-corrected chi connectivity index (χ1v) is 11.4. The lowest BCUT2D eigenvalue weighted by molar-refractivity contribution is -0.116. The molecular formula is C25H40O3. The molecule has 0 aliphatic carbocycles. The van der Waals surface area contributed by atoms with Gasteiger partial charge in [0.1, 0.15) is 18.3 Å². The Labute approximate surface area is 172 Å². The van der Waals surface area contributed by atoms with Crippen molar-refractivity contribution in [2.24, 2.45) is 0 Å². The molecule has 0 saturated carbocycles. The zero-order valence-electron chi connectivity index (χ0n) is 17.9. The molecule has 28 heavy (non-hydrogen) atoms. The second kappa shape index (κ2) is 17.5. The van der Waals surface area contributed by atoms with E-state index in [4.69, 9.17) is 4.74 Å². The third kappa shape index (κ3) is 11.9. The average Bonchev–Trinajstić information content (AvgIpc) is 2.73. The molecular weight excluding hydrogens is 348 g/mol. The Bertz CT molecular complexity index is 487. The molecule has 3 heteroatoms. The van der Waals surface area contributed by atoms with E-state index in [1.54, 1.807) is 12.1 Å². The summed E-state index contributed by atoms with van der Waals surface area (Å²) in [5.74, 6) is 0.133. The molecule has 1 aromatic rings. The van der Waals surface area contributed by atoms with Crippen molar-refractivity contribution in [1.82, 2.24) is 0 Å². The van der Waals surface area contributed by atoms with Gasteiger partial charge in [-0.15, -0.1) is 0 Å². The number of ether oxygens (including phenoxy) is 1. The number of aldehydes is 2. The summed E-state index contributed by atoms with van der Waals surface area (Å²) in [6.07, 6.45) is 20.3. The van der Waals surface area contributed by atoms with E-state index in [9.17, 15) is 9.59 Å². The molecule has 1 aromatic carbocycles. The summed E-state index contributed by atoms with van der Waals surface area (Å²) in [5.41, 5.74) is 0.717. The SMILES string of the molecule is CCCCCCCCCCCCCCCCOc1ccc(C(C=O)C=O)cc1. The fraction of sp³-hybridized carbons (Fsp3) is 0.680. The van der Waals surface area contributed by atoms with Crippen LogP contribution in [0.1, 0.15) is 108 Å². The molecule has 0 aromatic heterocycles. The maximum atomic E-state index is 10.8. The van der Waals surface area contributed by atoms with E-state index in [-0.39, 0.29) is 0 Å². The normalized spacial score (nSPS) is 10.9. The van der Waals surface area contributed by atoms with Crippen molar-refractivity contribution < 1.29 is 14.3 Å². The summed E-state index contributed by atoms with van der Waals surface area (Å²) < 4.78 is 5.74. The summed E-state index contributed by atoms with van der Waals surface area (Å²) in [7, 11) is 0. The summed E-state index contributed by atoms with van der Waals surface area (Å²) >= 11 is 0. The molecule has 1 rings (SSSR count). The minimum atomic E-state index is -0.667. The zero-order chi connectivity index (χ0) is 20.3. The highest BCUT2D eigenvalue weighted by Crippen LogP contribution is 2.18. The van der Waals surface area contributed by atoms with Crippen molar-refractivity contribution in [2.45, 2.75) is 103 Å². The van der Waals surface area contributed by atoms with E-state index in [1.807, 2.05) is 12.1 Å². The van der Waals surface area contributed by atoms with Gasteiger partial charge in [0.15, 0.2) is 0 Å². The van der Waals surface area contributed by atoms with Crippen molar-refractivity contribution in [3.63, 3.8) is 0 Å². The van der Waals surface area contributed by atoms with Gasteiger partial charge in [-0.05, 0) is 24.1 Å². The average molecular weight is 389 g/mol. The predicted octanol–water partition coefficient (Wildman–Crippen LogP) is 7.03. The smallest absolute Gasteiger partial charge is 0.134 e. The van der Waals surface area contributed by atoms with Gasteiger partial charge in [-0.2, -0.15) is 0 Å². The molecule has 0 amide bonds. The maximum absolute atomic E-state index is 10.8. The Hall–Kier alpha value is -1.64. The number of hydrogen-bond acceptors (Lipinski definition) is 3. The molecule has 3 nitrogen and oxygen atoms in total. The second-order valence-electron chi connectivity index (χ2n) is 7.81. The Kier molecular flexibility index (Phi) is 15.2. The van der Waals surface area contributed by atoms with E-state index in [1.165, 1.54) is 83.5 Å². The van der Waals surface area contributed by atoms with Crippen LogP contribution in [0, 0.1) is 0 Å². The van der Waals surface area contributed by atoms with Crippen molar-refractivity contribution in [1.29, 1.82) is 0 Å². The molecule has 0 bridgehead atoms. The molecule has 0 fully saturated rings. The molecule has 0 N–H and O–H groups in total. The Balaban J connectivity index is 1.90. The number of hydrogen-bond donors (Lipinski definition) is 0. The molecule has 0 aliphatic heterocycles. The van der Waals surface area contributed by atoms with E-state index in [0.29, 0.717) is 18.1 Å². The van der Waals surface area contributed by atoms with Gasteiger partial charge in [-0.25, -0.2) is 0 Å². The van der Waals surface area contributed by atoms with Gasteiger partial charge in [0.2, 0.25) is 0 Å². The number of carbonyl (C=O) groups excluding carboxylic acids is 2. The first kappa shape index (κ1) is 24.4. The first-order valence-electron chi connectivity index (χ1n) is 11.4. The van der Waals surface area contributed by atoms with Gasteiger partial charge in [-0.1, -0.05) is 103 Å². The summed E-state index contributed by atoms with van der Waals surface area (Å²) in [5, 5.41) is 0. The first-order chi connectivity index (χ1) is 13.8. The minimum absolute atomic E-state index is 0.664. The number of rotatable bonds is 19. The quantitative estimate of drug-likeness (QED) is 0.145. The van der Waals surface area contributed by atoms with Gasteiger partial charge in [0, 0.05) is 0 Å². The van der Waals surface area contributed by atoms with Gasteiger partial charge < -0.3 is 14.3 Å². The van der Waals surface area contributed by atoms with Crippen LogP contribution in [0.15, 0.2) is 24.3 Å². The van der Waals surface area contributed by atoms with Gasteiger partial charge in [0.05, 0.1) is 12.5 Å². The molecule has 0 radical (unpaired) electrons. The third-order valence-electron chi connectivity index (χ3n) is 5.32. The van der Waals surface area contributed by atoms with Crippen molar-refractivity contribution in [3.8, 4) is 5.75 Å². The minimum Gasteiger partial charge on any atom is -0.494 e. The van der Waals surface area contributed by atoms with Crippen molar-refractivity contribution in [3.05, 3.63) is 29.8 Å². The summed E-state index contributed by atoms with van der Waals surface area (Å²) in [6.45, 7) is 3.00. The lowest BCUT2D eigenvalue weighted by Crippen LogP contribution is -2.02. The number of unbranched alkanes of at least 4 members (excludes halogenated alkanes) is 13. The van der Waals surface area contributed by atoms with Crippen LogP contribution in [0.4, 0.5) is 0 Å². The van der Waals surface area contributed by atoms with Crippen LogP contribution in [0.5, 0.6) is 5.75 Å². The van der Waals surface area contributed by atoms with Gasteiger partial charge >= 0.3 is 0 Å². The largest absolute Gasteiger partial charge is 0.494 e. The molecule has 158 valence electrons. The van der Waals surface area contributed by atoms with Crippen LogP contribution >= 0.6 is 0 Å². The molecule has 0 aliphatic rings.